The highest BCUT2D eigenvalue weighted by atomic mass is 19.4. The number of benzene rings is 2. The van der Waals surface area contributed by atoms with Gasteiger partial charge in [0.2, 0.25) is 0 Å². The number of hydrogen-bond donors (Lipinski definition) is 3. The van der Waals surface area contributed by atoms with Crippen LogP contribution in [0.2, 0.25) is 0 Å². The third-order valence-electron chi connectivity index (χ3n) is 5.50. The summed E-state index contributed by atoms with van der Waals surface area (Å²) in [5.41, 5.74) is 0.796. The van der Waals surface area contributed by atoms with Crippen molar-refractivity contribution in [3.8, 4) is 0 Å². The van der Waals surface area contributed by atoms with Gasteiger partial charge >= 0.3 is 12.2 Å². The molecule has 0 spiro atoms. The lowest BCUT2D eigenvalue weighted by atomic mass is 10.1. The van der Waals surface area contributed by atoms with Crippen molar-refractivity contribution in [3.63, 3.8) is 0 Å². The molecule has 4 amide bonds. The molecule has 0 saturated carbocycles. The lowest BCUT2D eigenvalue weighted by Gasteiger charge is -2.21. The summed E-state index contributed by atoms with van der Waals surface area (Å²) in [4.78, 5) is 42.7. The molecular formula is C25H24F3N5O3. The summed E-state index contributed by atoms with van der Waals surface area (Å²) >= 11 is 0. The van der Waals surface area contributed by atoms with E-state index in [2.05, 4.69) is 20.9 Å². The first-order chi connectivity index (χ1) is 16.9. The molecule has 188 valence electrons. The van der Waals surface area contributed by atoms with Crippen molar-refractivity contribution in [2.24, 2.45) is 0 Å². The summed E-state index contributed by atoms with van der Waals surface area (Å²) in [6.45, 7) is 3.03. The summed E-state index contributed by atoms with van der Waals surface area (Å²) in [6.07, 6.45) is -3.17. The second kappa shape index (κ2) is 10.5. The van der Waals surface area contributed by atoms with Gasteiger partial charge in [-0.3, -0.25) is 19.5 Å². The van der Waals surface area contributed by atoms with E-state index in [0.29, 0.717) is 16.9 Å². The Bertz CT molecular complexity index is 1320. The van der Waals surface area contributed by atoms with E-state index in [1.54, 1.807) is 13.0 Å². The third kappa shape index (κ3) is 5.80. The normalized spacial score (nSPS) is 11.0. The molecule has 0 aliphatic carbocycles. The minimum Gasteiger partial charge on any atom is -0.354 e. The minimum atomic E-state index is -4.55. The molecule has 1 aromatic heterocycles. The van der Waals surface area contributed by atoms with Gasteiger partial charge in [-0.05, 0) is 61.4 Å². The Morgan fingerprint density at radius 2 is 1.67 bits per heavy atom. The third-order valence-corrected chi connectivity index (χ3v) is 5.50. The van der Waals surface area contributed by atoms with Crippen LogP contribution >= 0.6 is 0 Å². The van der Waals surface area contributed by atoms with Crippen LogP contribution in [-0.2, 0) is 6.18 Å². The lowest BCUT2D eigenvalue weighted by Crippen LogP contribution is -2.32. The SMILES string of the molecule is CNC(=O)c1cc(NC(=O)N(C)c2cc(C(=O)Nc3cccc(C(F)(F)F)c3C)ccc2C)ccn1. The predicted octanol–water partition coefficient (Wildman–Crippen LogP) is 5.00. The van der Waals surface area contributed by atoms with Crippen molar-refractivity contribution < 1.29 is 27.6 Å². The summed E-state index contributed by atoms with van der Waals surface area (Å²) in [5.74, 6) is -1.04. The van der Waals surface area contributed by atoms with Crippen LogP contribution in [0.4, 0.5) is 35.0 Å². The minimum absolute atomic E-state index is 0.0349. The molecule has 0 aliphatic heterocycles. The largest absolute Gasteiger partial charge is 0.416 e. The first kappa shape index (κ1) is 26.2. The van der Waals surface area contributed by atoms with Crippen LogP contribution in [-0.4, -0.2) is 36.9 Å². The number of aromatic nitrogens is 1. The van der Waals surface area contributed by atoms with E-state index in [1.807, 2.05) is 0 Å². The number of rotatable bonds is 5. The average molecular weight is 499 g/mol. The quantitative estimate of drug-likeness (QED) is 0.460. The smallest absolute Gasteiger partial charge is 0.354 e. The van der Waals surface area contributed by atoms with Gasteiger partial charge in [0.15, 0.2) is 0 Å². The highest BCUT2D eigenvalue weighted by Gasteiger charge is 2.33. The molecular weight excluding hydrogens is 475 g/mol. The maximum absolute atomic E-state index is 13.2. The molecule has 2 aromatic carbocycles. The first-order valence-electron chi connectivity index (χ1n) is 10.7. The summed E-state index contributed by atoms with van der Waals surface area (Å²) in [7, 11) is 2.96. The molecule has 0 fully saturated rings. The van der Waals surface area contributed by atoms with E-state index in [9.17, 15) is 27.6 Å². The van der Waals surface area contributed by atoms with Crippen LogP contribution in [0.15, 0.2) is 54.7 Å². The number of nitrogens with one attached hydrogen (secondary N) is 3. The zero-order chi connectivity index (χ0) is 26.6. The molecule has 1 heterocycles. The number of amides is 4. The number of halogens is 3. The molecule has 36 heavy (non-hydrogen) atoms. The molecule has 0 aliphatic rings. The molecule has 0 radical (unpaired) electrons. The molecule has 0 saturated heterocycles. The summed E-state index contributed by atoms with van der Waals surface area (Å²) < 4.78 is 39.6. The fourth-order valence-electron chi connectivity index (χ4n) is 3.46. The predicted molar refractivity (Wildman–Crippen MR) is 130 cm³/mol. The number of anilines is 3. The molecule has 0 atom stereocenters. The number of urea groups is 1. The number of alkyl halides is 3. The molecule has 0 unspecified atom stereocenters. The van der Waals surface area contributed by atoms with Crippen molar-refractivity contribution in [2.75, 3.05) is 29.6 Å². The topological polar surface area (TPSA) is 103 Å². The highest BCUT2D eigenvalue weighted by Crippen LogP contribution is 2.34. The molecule has 3 N–H and O–H groups in total. The lowest BCUT2D eigenvalue weighted by molar-refractivity contribution is -0.138. The monoisotopic (exact) mass is 499 g/mol. The second-order valence-electron chi connectivity index (χ2n) is 7.93. The Labute approximate surface area is 205 Å². The van der Waals surface area contributed by atoms with E-state index in [-0.39, 0.29) is 22.5 Å². The Hall–Kier alpha value is -4.41. The second-order valence-corrected chi connectivity index (χ2v) is 7.93. The number of pyridine rings is 1. The van der Waals surface area contributed by atoms with Gasteiger partial charge in [-0.15, -0.1) is 0 Å². The van der Waals surface area contributed by atoms with Gasteiger partial charge in [-0.1, -0.05) is 12.1 Å². The van der Waals surface area contributed by atoms with Crippen LogP contribution in [0, 0.1) is 13.8 Å². The van der Waals surface area contributed by atoms with Crippen LogP contribution < -0.4 is 20.9 Å². The number of carbonyl (C=O) groups excluding carboxylic acids is 3. The Kier molecular flexibility index (Phi) is 7.62. The van der Waals surface area contributed by atoms with Gasteiger partial charge in [-0.25, -0.2) is 4.79 Å². The summed E-state index contributed by atoms with van der Waals surface area (Å²) in [6, 6.07) is 10.6. The van der Waals surface area contributed by atoms with Gasteiger partial charge in [0, 0.05) is 42.9 Å². The maximum Gasteiger partial charge on any atom is 0.416 e. The zero-order valence-corrected chi connectivity index (χ0v) is 19.9. The number of aryl methyl sites for hydroxylation is 1. The fourth-order valence-corrected chi connectivity index (χ4v) is 3.46. The molecule has 8 nitrogen and oxygen atoms in total. The maximum atomic E-state index is 13.2. The standard InChI is InChI=1S/C25H24F3N5O3/c1-14-8-9-16(22(34)32-19-7-5-6-18(15(19)2)25(26,27)28)12-21(14)33(4)24(36)31-17-10-11-30-20(13-17)23(35)29-3/h5-13H,1-4H3,(H,29,35)(H,32,34)(H,30,31,36). The van der Waals surface area contributed by atoms with Crippen LogP contribution in [0.25, 0.3) is 0 Å². The Morgan fingerprint density at radius 3 is 2.33 bits per heavy atom. The van der Waals surface area contributed by atoms with Crippen molar-refractivity contribution >= 4 is 34.9 Å². The van der Waals surface area contributed by atoms with E-state index in [1.165, 1.54) is 68.5 Å². The van der Waals surface area contributed by atoms with Gasteiger partial charge < -0.3 is 16.0 Å². The van der Waals surface area contributed by atoms with Gasteiger partial charge in [0.1, 0.15) is 5.69 Å². The van der Waals surface area contributed by atoms with Crippen LogP contribution in [0.5, 0.6) is 0 Å². The Balaban J connectivity index is 1.81. The molecule has 3 rings (SSSR count). The average Bonchev–Trinajstić information content (AvgIpc) is 2.84. The zero-order valence-electron chi connectivity index (χ0n) is 19.9. The van der Waals surface area contributed by atoms with Crippen molar-refractivity contribution in [1.82, 2.24) is 10.3 Å². The van der Waals surface area contributed by atoms with Gasteiger partial charge in [-0.2, -0.15) is 13.2 Å². The van der Waals surface area contributed by atoms with Crippen molar-refractivity contribution in [2.45, 2.75) is 20.0 Å². The van der Waals surface area contributed by atoms with Crippen molar-refractivity contribution in [3.05, 3.63) is 82.7 Å². The van der Waals surface area contributed by atoms with Gasteiger partial charge in [0.05, 0.1) is 5.56 Å². The Morgan fingerprint density at radius 1 is 0.944 bits per heavy atom. The molecule has 0 bridgehead atoms. The first-order valence-corrected chi connectivity index (χ1v) is 10.7. The van der Waals surface area contributed by atoms with Crippen LogP contribution in [0.3, 0.4) is 0 Å². The van der Waals surface area contributed by atoms with Crippen LogP contribution in [0.1, 0.15) is 37.5 Å². The molecule has 11 heteroatoms. The van der Waals surface area contributed by atoms with Crippen molar-refractivity contribution in [1.29, 1.82) is 0 Å². The number of carbonyl (C=O) groups is 3. The summed E-state index contributed by atoms with van der Waals surface area (Å²) in [5, 5.41) is 7.62. The van der Waals surface area contributed by atoms with E-state index >= 15 is 0 Å². The fraction of sp³-hybridized carbons (Fsp3) is 0.200. The highest BCUT2D eigenvalue weighted by molar-refractivity contribution is 6.07. The van der Waals surface area contributed by atoms with Gasteiger partial charge in [0.25, 0.3) is 11.8 Å². The van der Waals surface area contributed by atoms with E-state index in [0.717, 1.165) is 6.07 Å². The van der Waals surface area contributed by atoms with E-state index in [4.69, 9.17) is 0 Å². The number of hydrogen-bond acceptors (Lipinski definition) is 4. The van der Waals surface area contributed by atoms with E-state index < -0.39 is 29.6 Å². The molecule has 3 aromatic rings. The number of nitrogens with zero attached hydrogens (tertiary/aromatic N) is 2.